The summed E-state index contributed by atoms with van der Waals surface area (Å²) < 4.78 is 15.3. The Hall–Kier alpha value is -2.34. The monoisotopic (exact) mass is 276 g/mol. The standard InChI is InChI=1S/C13H12N2O3S/c1-19(18,14-11-5-3-2-4-6-11)13-9-7-12(8-10-13)15(16)17/h2-10H,1H2,(H,14,18). The fourth-order valence-electron chi connectivity index (χ4n) is 1.54. The van der Waals surface area contributed by atoms with Gasteiger partial charge in [0.15, 0.2) is 0 Å². The largest absolute Gasteiger partial charge is 0.309 e. The molecule has 0 spiro atoms. The predicted octanol–water partition coefficient (Wildman–Crippen LogP) is 2.70. The fraction of sp³-hybridized carbons (Fsp3) is 0. The molecular formula is C13H12N2O3S. The third-order valence-electron chi connectivity index (χ3n) is 2.48. The van der Waals surface area contributed by atoms with Gasteiger partial charge in [0.1, 0.15) is 0 Å². The number of nitrogens with one attached hydrogen (secondary N) is 1. The van der Waals surface area contributed by atoms with E-state index in [-0.39, 0.29) is 5.69 Å². The van der Waals surface area contributed by atoms with Crippen molar-refractivity contribution in [2.75, 3.05) is 4.72 Å². The van der Waals surface area contributed by atoms with Gasteiger partial charge in [-0.1, -0.05) is 18.2 Å². The van der Waals surface area contributed by atoms with Crippen LogP contribution in [-0.2, 0) is 9.71 Å². The molecule has 0 aromatic heterocycles. The lowest BCUT2D eigenvalue weighted by Gasteiger charge is -2.12. The first-order valence-electron chi connectivity index (χ1n) is 5.43. The van der Waals surface area contributed by atoms with Gasteiger partial charge in [-0.15, -0.1) is 0 Å². The lowest BCUT2D eigenvalue weighted by Crippen LogP contribution is -2.12. The van der Waals surface area contributed by atoms with Gasteiger partial charge in [0.25, 0.3) is 5.69 Å². The predicted molar refractivity (Wildman–Crippen MR) is 76.7 cm³/mol. The Morgan fingerprint density at radius 1 is 1.05 bits per heavy atom. The number of benzene rings is 2. The minimum absolute atomic E-state index is 0.0429. The molecule has 2 rings (SSSR count). The molecule has 0 aliphatic heterocycles. The average Bonchev–Trinajstić information content (AvgIpc) is 2.39. The van der Waals surface area contributed by atoms with Crippen LogP contribution in [0, 0.1) is 10.1 Å². The van der Waals surface area contributed by atoms with Gasteiger partial charge in [0.05, 0.1) is 14.6 Å². The molecule has 1 unspecified atom stereocenters. The van der Waals surface area contributed by atoms with E-state index in [0.717, 1.165) is 0 Å². The third kappa shape index (κ3) is 3.11. The van der Waals surface area contributed by atoms with Crippen molar-refractivity contribution in [3.63, 3.8) is 0 Å². The van der Waals surface area contributed by atoms with Gasteiger partial charge in [-0.2, -0.15) is 0 Å². The van der Waals surface area contributed by atoms with E-state index in [1.807, 2.05) is 18.2 Å². The summed E-state index contributed by atoms with van der Waals surface area (Å²) >= 11 is 0. The van der Waals surface area contributed by atoms with E-state index >= 15 is 0 Å². The van der Waals surface area contributed by atoms with Crippen molar-refractivity contribution < 1.29 is 9.13 Å². The summed E-state index contributed by atoms with van der Waals surface area (Å²) in [5.41, 5.74) is 0.638. The Balaban J connectivity index is 2.27. The molecule has 0 amide bonds. The normalized spacial score (nSPS) is 13.5. The second kappa shape index (κ2) is 5.11. The molecular weight excluding hydrogens is 264 g/mol. The molecule has 19 heavy (non-hydrogen) atoms. The van der Waals surface area contributed by atoms with Crippen LogP contribution in [0.3, 0.4) is 0 Å². The molecule has 98 valence electrons. The maximum atomic E-state index is 12.4. The highest BCUT2D eigenvalue weighted by atomic mass is 32.2. The van der Waals surface area contributed by atoms with E-state index in [0.29, 0.717) is 10.6 Å². The van der Waals surface area contributed by atoms with Crippen molar-refractivity contribution in [3.8, 4) is 0 Å². The Morgan fingerprint density at radius 3 is 2.16 bits per heavy atom. The van der Waals surface area contributed by atoms with Crippen LogP contribution in [0.4, 0.5) is 11.4 Å². The molecule has 2 aromatic carbocycles. The van der Waals surface area contributed by atoms with Crippen molar-refractivity contribution in [1.82, 2.24) is 0 Å². The highest BCUT2D eigenvalue weighted by Gasteiger charge is 2.10. The van der Waals surface area contributed by atoms with Crippen LogP contribution in [0.5, 0.6) is 0 Å². The van der Waals surface area contributed by atoms with Crippen molar-refractivity contribution in [2.24, 2.45) is 0 Å². The Bertz CT molecular complexity index is 680. The van der Waals surface area contributed by atoms with Crippen molar-refractivity contribution >= 4 is 27.0 Å². The number of nitro groups is 1. The molecule has 0 bridgehead atoms. The molecule has 0 radical (unpaired) electrons. The van der Waals surface area contributed by atoms with Crippen LogP contribution in [-0.4, -0.2) is 15.0 Å². The van der Waals surface area contributed by atoms with Crippen LogP contribution >= 0.6 is 0 Å². The Kier molecular flexibility index (Phi) is 3.52. The summed E-state index contributed by atoms with van der Waals surface area (Å²) in [7, 11) is -2.73. The second-order valence-electron chi connectivity index (χ2n) is 3.89. The van der Waals surface area contributed by atoms with Crippen LogP contribution in [0.25, 0.3) is 0 Å². The first kappa shape index (κ1) is 13.1. The van der Waals surface area contributed by atoms with E-state index in [1.165, 1.54) is 24.3 Å². The van der Waals surface area contributed by atoms with Crippen molar-refractivity contribution in [3.05, 3.63) is 64.7 Å². The first-order valence-corrected chi connectivity index (χ1v) is 7.16. The first-order chi connectivity index (χ1) is 8.99. The van der Waals surface area contributed by atoms with Gasteiger partial charge in [0, 0.05) is 22.7 Å². The van der Waals surface area contributed by atoms with Gasteiger partial charge in [0.2, 0.25) is 0 Å². The molecule has 0 aliphatic carbocycles. The number of non-ortho nitro benzene ring substituents is 1. The third-order valence-corrected chi connectivity index (χ3v) is 4.08. The van der Waals surface area contributed by atoms with Crippen LogP contribution in [0.2, 0.25) is 0 Å². The van der Waals surface area contributed by atoms with E-state index in [2.05, 4.69) is 10.6 Å². The van der Waals surface area contributed by atoms with Gasteiger partial charge < -0.3 is 4.72 Å². The van der Waals surface area contributed by atoms with Gasteiger partial charge in [-0.3, -0.25) is 10.1 Å². The SMILES string of the molecule is C=S(=O)(Nc1ccccc1)c1ccc([N+](=O)[O-])cc1. The number of rotatable bonds is 4. The van der Waals surface area contributed by atoms with Gasteiger partial charge >= 0.3 is 0 Å². The van der Waals surface area contributed by atoms with E-state index in [4.69, 9.17) is 0 Å². The summed E-state index contributed by atoms with van der Waals surface area (Å²) in [4.78, 5) is 10.5. The smallest absolute Gasteiger partial charge is 0.269 e. The number of hydrogen-bond donors (Lipinski definition) is 1. The molecule has 0 aliphatic rings. The number of anilines is 1. The van der Waals surface area contributed by atoms with Crippen LogP contribution in [0.15, 0.2) is 59.5 Å². The van der Waals surface area contributed by atoms with Crippen LogP contribution < -0.4 is 4.72 Å². The summed E-state index contributed by atoms with van der Waals surface area (Å²) in [6.07, 6.45) is 0. The maximum Gasteiger partial charge on any atom is 0.269 e. The van der Waals surface area contributed by atoms with E-state index in [1.54, 1.807) is 12.1 Å². The highest BCUT2D eigenvalue weighted by molar-refractivity contribution is 8.01. The fourth-order valence-corrected chi connectivity index (χ4v) is 2.75. The number of nitro benzene ring substituents is 1. The van der Waals surface area contributed by atoms with E-state index < -0.39 is 14.6 Å². The Labute approximate surface area is 111 Å². The summed E-state index contributed by atoms with van der Waals surface area (Å²) in [6, 6.07) is 14.5. The lowest BCUT2D eigenvalue weighted by molar-refractivity contribution is -0.384. The summed E-state index contributed by atoms with van der Waals surface area (Å²) in [6.45, 7) is 0. The molecule has 1 atom stereocenters. The molecule has 5 nitrogen and oxygen atoms in total. The zero-order valence-electron chi connectivity index (χ0n) is 9.98. The lowest BCUT2D eigenvalue weighted by atomic mass is 10.3. The highest BCUT2D eigenvalue weighted by Crippen LogP contribution is 2.18. The minimum atomic E-state index is -2.73. The average molecular weight is 276 g/mol. The molecule has 0 saturated heterocycles. The van der Waals surface area contributed by atoms with E-state index in [9.17, 15) is 14.3 Å². The zero-order chi connectivity index (χ0) is 13.9. The number of nitrogens with zero attached hydrogens (tertiary/aromatic N) is 1. The van der Waals surface area contributed by atoms with Crippen LogP contribution in [0.1, 0.15) is 0 Å². The molecule has 1 N–H and O–H groups in total. The topological polar surface area (TPSA) is 72.2 Å². The number of para-hydroxylation sites is 1. The summed E-state index contributed by atoms with van der Waals surface area (Å²) in [5.74, 6) is 3.66. The number of hydrogen-bond acceptors (Lipinski definition) is 3. The molecule has 2 aromatic rings. The molecule has 0 saturated carbocycles. The Morgan fingerprint density at radius 2 is 1.63 bits per heavy atom. The van der Waals surface area contributed by atoms with Gasteiger partial charge in [-0.25, -0.2) is 4.21 Å². The van der Waals surface area contributed by atoms with Crippen molar-refractivity contribution in [2.45, 2.75) is 4.90 Å². The molecule has 6 heteroatoms. The van der Waals surface area contributed by atoms with Crippen molar-refractivity contribution in [1.29, 1.82) is 0 Å². The van der Waals surface area contributed by atoms with Gasteiger partial charge in [-0.05, 0) is 30.1 Å². The summed E-state index contributed by atoms with van der Waals surface area (Å²) in [5, 5.41) is 10.6. The molecule has 0 heterocycles. The second-order valence-corrected chi connectivity index (χ2v) is 5.92. The quantitative estimate of drug-likeness (QED) is 0.530. The minimum Gasteiger partial charge on any atom is -0.309 e. The zero-order valence-corrected chi connectivity index (χ0v) is 10.8. The maximum absolute atomic E-state index is 12.4. The molecule has 0 fully saturated rings.